The highest BCUT2D eigenvalue weighted by atomic mass is 16.2. The second-order valence-corrected chi connectivity index (χ2v) is 8.30. The number of rotatable bonds is 4. The Hall–Kier alpha value is -0.530. The van der Waals surface area contributed by atoms with Crippen LogP contribution in [0.1, 0.15) is 67.7 Å². The molecule has 0 bridgehead atoms. The fourth-order valence-electron chi connectivity index (χ4n) is 3.00. The molecule has 1 rings (SSSR count). The third-order valence-corrected chi connectivity index (χ3v) is 5.60. The molecule has 2 nitrogen and oxygen atoms in total. The van der Waals surface area contributed by atoms with E-state index in [1.807, 2.05) is 0 Å². The Balaban J connectivity index is 2.44. The number of piperidine rings is 1. The van der Waals surface area contributed by atoms with Crippen molar-refractivity contribution in [3.63, 3.8) is 0 Å². The summed E-state index contributed by atoms with van der Waals surface area (Å²) in [7, 11) is 0. The first kappa shape index (κ1) is 17.5. The largest absolute Gasteiger partial charge is 0.343 e. The Bertz CT molecular complexity index is 308. The molecule has 0 aromatic carbocycles. The second-order valence-electron chi connectivity index (χ2n) is 8.30. The SMILES string of the molecule is CC(C)[C@@H](C)CC(=O)N1CCC([C@@H](C)C(C)(C)C)CC1. The number of amides is 1. The van der Waals surface area contributed by atoms with Gasteiger partial charge in [0.2, 0.25) is 5.91 Å². The van der Waals surface area contributed by atoms with Crippen molar-refractivity contribution >= 4 is 5.91 Å². The zero-order valence-corrected chi connectivity index (χ0v) is 14.7. The number of hydrogen-bond acceptors (Lipinski definition) is 1. The Morgan fingerprint density at radius 2 is 1.60 bits per heavy atom. The van der Waals surface area contributed by atoms with Crippen LogP contribution < -0.4 is 0 Å². The maximum Gasteiger partial charge on any atom is 0.222 e. The van der Waals surface area contributed by atoms with Gasteiger partial charge in [-0.25, -0.2) is 0 Å². The molecule has 2 heteroatoms. The fraction of sp³-hybridized carbons (Fsp3) is 0.944. The normalized spacial score (nSPS) is 21.1. The van der Waals surface area contributed by atoms with Crippen LogP contribution in [-0.4, -0.2) is 23.9 Å². The van der Waals surface area contributed by atoms with Crippen LogP contribution in [0.3, 0.4) is 0 Å². The Morgan fingerprint density at radius 1 is 1.10 bits per heavy atom. The Morgan fingerprint density at radius 3 is 2.00 bits per heavy atom. The van der Waals surface area contributed by atoms with E-state index in [2.05, 4.69) is 53.4 Å². The predicted molar refractivity (Wildman–Crippen MR) is 86.5 cm³/mol. The number of likely N-dealkylation sites (tertiary alicyclic amines) is 1. The molecule has 0 aromatic heterocycles. The van der Waals surface area contributed by atoms with Gasteiger partial charge in [0.25, 0.3) is 0 Å². The van der Waals surface area contributed by atoms with Crippen LogP contribution >= 0.6 is 0 Å². The minimum absolute atomic E-state index is 0.369. The molecule has 20 heavy (non-hydrogen) atoms. The molecule has 0 aliphatic carbocycles. The lowest BCUT2D eigenvalue weighted by Crippen LogP contribution is -2.42. The molecule has 0 N–H and O–H groups in total. The maximum atomic E-state index is 12.3. The van der Waals surface area contributed by atoms with Crippen LogP contribution in [0.5, 0.6) is 0 Å². The third-order valence-electron chi connectivity index (χ3n) is 5.60. The summed E-state index contributed by atoms with van der Waals surface area (Å²) in [4.78, 5) is 14.4. The van der Waals surface area contributed by atoms with Gasteiger partial charge in [-0.3, -0.25) is 4.79 Å². The summed E-state index contributed by atoms with van der Waals surface area (Å²) in [6, 6.07) is 0. The molecule has 1 fully saturated rings. The van der Waals surface area contributed by atoms with Crippen molar-refractivity contribution < 1.29 is 4.79 Å². The monoisotopic (exact) mass is 281 g/mol. The Labute approximate surface area is 126 Å². The van der Waals surface area contributed by atoms with E-state index in [-0.39, 0.29) is 0 Å². The first-order valence-electron chi connectivity index (χ1n) is 8.40. The topological polar surface area (TPSA) is 20.3 Å². The lowest BCUT2D eigenvalue weighted by molar-refractivity contribution is -0.134. The maximum absolute atomic E-state index is 12.3. The molecule has 1 aliphatic rings. The molecule has 0 aromatic rings. The Kier molecular flexibility index (Phi) is 6.09. The molecule has 2 atom stereocenters. The summed E-state index contributed by atoms with van der Waals surface area (Å²) in [6.07, 6.45) is 3.08. The summed E-state index contributed by atoms with van der Waals surface area (Å²) in [6.45, 7) is 17.9. The first-order valence-corrected chi connectivity index (χ1v) is 8.40. The van der Waals surface area contributed by atoms with E-state index >= 15 is 0 Å². The summed E-state index contributed by atoms with van der Waals surface area (Å²) < 4.78 is 0. The molecule has 0 saturated carbocycles. The fourth-order valence-corrected chi connectivity index (χ4v) is 3.00. The van der Waals surface area contributed by atoms with Gasteiger partial charge in [-0.1, -0.05) is 48.5 Å². The van der Waals surface area contributed by atoms with Gasteiger partial charge in [-0.05, 0) is 41.9 Å². The van der Waals surface area contributed by atoms with Crippen molar-refractivity contribution in [3.8, 4) is 0 Å². The van der Waals surface area contributed by atoms with E-state index in [0.29, 0.717) is 23.2 Å². The minimum Gasteiger partial charge on any atom is -0.343 e. The molecule has 0 spiro atoms. The molecule has 1 saturated heterocycles. The number of carbonyl (C=O) groups excluding carboxylic acids is 1. The molecule has 1 heterocycles. The number of nitrogens with zero attached hydrogens (tertiary/aromatic N) is 1. The van der Waals surface area contributed by atoms with Crippen LogP contribution in [0.2, 0.25) is 0 Å². The lowest BCUT2D eigenvalue weighted by Gasteiger charge is -2.40. The van der Waals surface area contributed by atoms with Crippen molar-refractivity contribution in [2.24, 2.45) is 29.1 Å². The van der Waals surface area contributed by atoms with Crippen molar-refractivity contribution in [2.75, 3.05) is 13.1 Å². The van der Waals surface area contributed by atoms with E-state index in [1.165, 1.54) is 12.8 Å². The van der Waals surface area contributed by atoms with E-state index in [9.17, 15) is 4.79 Å². The van der Waals surface area contributed by atoms with Gasteiger partial charge >= 0.3 is 0 Å². The molecular weight excluding hydrogens is 246 g/mol. The van der Waals surface area contributed by atoms with Crippen LogP contribution in [-0.2, 0) is 4.79 Å². The smallest absolute Gasteiger partial charge is 0.222 e. The lowest BCUT2D eigenvalue weighted by atomic mass is 9.71. The van der Waals surface area contributed by atoms with E-state index in [1.54, 1.807) is 0 Å². The number of carbonyl (C=O) groups is 1. The minimum atomic E-state index is 0.369. The van der Waals surface area contributed by atoms with Crippen molar-refractivity contribution in [1.82, 2.24) is 4.90 Å². The molecular formula is C18H35NO. The van der Waals surface area contributed by atoms with Gasteiger partial charge < -0.3 is 4.90 Å². The van der Waals surface area contributed by atoms with Crippen molar-refractivity contribution in [1.29, 1.82) is 0 Å². The molecule has 0 unspecified atom stereocenters. The second kappa shape index (κ2) is 6.95. The van der Waals surface area contributed by atoms with Gasteiger partial charge in [-0.2, -0.15) is 0 Å². The summed E-state index contributed by atoms with van der Waals surface area (Å²) in [5.41, 5.74) is 0.378. The quantitative estimate of drug-likeness (QED) is 0.738. The van der Waals surface area contributed by atoms with Crippen molar-refractivity contribution in [3.05, 3.63) is 0 Å². The zero-order chi connectivity index (χ0) is 15.5. The molecule has 0 radical (unpaired) electrons. The first-order chi connectivity index (χ1) is 9.12. The highest BCUT2D eigenvalue weighted by Gasteiger charge is 2.32. The van der Waals surface area contributed by atoms with E-state index in [0.717, 1.165) is 31.3 Å². The van der Waals surface area contributed by atoms with Crippen LogP contribution in [0, 0.1) is 29.1 Å². The standard InChI is InChI=1S/C18H35NO/c1-13(2)14(3)12-17(20)19-10-8-16(9-11-19)15(4)18(5,6)7/h13-16H,8-12H2,1-7H3/t14-,15+/m0/s1. The highest BCUT2D eigenvalue weighted by Crippen LogP contribution is 2.37. The van der Waals surface area contributed by atoms with Gasteiger partial charge in [-0.15, -0.1) is 0 Å². The molecule has 118 valence electrons. The number of hydrogen-bond donors (Lipinski definition) is 0. The van der Waals surface area contributed by atoms with Gasteiger partial charge in [0.15, 0.2) is 0 Å². The van der Waals surface area contributed by atoms with Crippen LogP contribution in [0.4, 0.5) is 0 Å². The average Bonchev–Trinajstić information content (AvgIpc) is 2.36. The van der Waals surface area contributed by atoms with Crippen LogP contribution in [0.25, 0.3) is 0 Å². The average molecular weight is 281 g/mol. The highest BCUT2D eigenvalue weighted by molar-refractivity contribution is 5.76. The summed E-state index contributed by atoms with van der Waals surface area (Å²) >= 11 is 0. The van der Waals surface area contributed by atoms with E-state index in [4.69, 9.17) is 0 Å². The van der Waals surface area contributed by atoms with Crippen molar-refractivity contribution in [2.45, 2.75) is 67.7 Å². The van der Waals surface area contributed by atoms with Gasteiger partial charge in [0.1, 0.15) is 0 Å². The van der Waals surface area contributed by atoms with E-state index < -0.39 is 0 Å². The predicted octanol–water partition coefficient (Wildman–Crippen LogP) is 4.59. The van der Waals surface area contributed by atoms with Gasteiger partial charge in [0.05, 0.1) is 0 Å². The molecule has 1 aliphatic heterocycles. The zero-order valence-electron chi connectivity index (χ0n) is 14.7. The third kappa shape index (κ3) is 4.79. The molecule has 1 amide bonds. The van der Waals surface area contributed by atoms with Gasteiger partial charge in [0, 0.05) is 19.5 Å². The summed E-state index contributed by atoms with van der Waals surface area (Å²) in [5.74, 6) is 2.97. The summed E-state index contributed by atoms with van der Waals surface area (Å²) in [5, 5.41) is 0. The van der Waals surface area contributed by atoms with Crippen LogP contribution in [0.15, 0.2) is 0 Å².